The molecule has 0 spiro atoms. The van der Waals surface area contributed by atoms with Crippen molar-refractivity contribution in [3.8, 4) is 0 Å². The van der Waals surface area contributed by atoms with E-state index >= 15 is 0 Å². The first-order valence-corrected chi connectivity index (χ1v) is 14.2. The Morgan fingerprint density at radius 2 is 1.12 bits per heavy atom. The highest BCUT2D eigenvalue weighted by Crippen LogP contribution is 2.54. The number of nitrogens with zero attached hydrogens (tertiary/aromatic N) is 2. The van der Waals surface area contributed by atoms with Gasteiger partial charge in [-0.25, -0.2) is 4.74 Å². The van der Waals surface area contributed by atoms with Gasteiger partial charge in [0.1, 0.15) is 7.36 Å². The molecule has 0 saturated carbocycles. The molecule has 0 aromatic heterocycles. The van der Waals surface area contributed by atoms with Crippen LogP contribution in [0, 0.1) is 0 Å². The fraction of sp³-hybridized carbons (Fsp3) is 0.600. The van der Waals surface area contributed by atoms with Gasteiger partial charge in [0.05, 0.1) is 5.69 Å². The van der Waals surface area contributed by atoms with Crippen LogP contribution >= 0.6 is 7.36 Å². The van der Waals surface area contributed by atoms with Gasteiger partial charge in [-0.05, 0) is 67.8 Å². The standard InChI is InChI=1S/C30H50N3P/c1-27(2,3)22-20-24(28(4,5)6)26(25(21-22)29(7,8)9)31-34(33(13)14,32-30(10,11)12)23-18-16-15-17-19-23/h15-21,32H,1-14H3. The predicted molar refractivity (Wildman–Crippen MR) is 154 cm³/mol. The smallest absolute Gasteiger partial charge is 0.129 e. The van der Waals surface area contributed by atoms with Crippen LogP contribution in [0.15, 0.2) is 47.2 Å². The molecule has 0 heterocycles. The summed E-state index contributed by atoms with van der Waals surface area (Å²) in [5.41, 5.74) is 5.04. The van der Waals surface area contributed by atoms with E-state index in [0.29, 0.717) is 0 Å². The summed E-state index contributed by atoms with van der Waals surface area (Å²) in [5, 5.41) is 5.25. The van der Waals surface area contributed by atoms with E-state index in [2.05, 4.69) is 149 Å². The second-order valence-corrected chi connectivity index (χ2v) is 16.9. The molecule has 1 atom stereocenters. The SMILES string of the molecule is CN(C)P(=Nc1c(C(C)(C)C)cc(C(C)(C)C)cc1C(C)(C)C)(NC(C)(C)C)c1ccccc1. The van der Waals surface area contributed by atoms with Crippen molar-refractivity contribution < 1.29 is 0 Å². The minimum atomic E-state index is -2.30. The number of benzene rings is 2. The topological polar surface area (TPSA) is 27.6 Å². The van der Waals surface area contributed by atoms with E-state index in [1.165, 1.54) is 22.0 Å². The maximum absolute atomic E-state index is 5.83. The Kier molecular flexibility index (Phi) is 8.11. The van der Waals surface area contributed by atoms with Gasteiger partial charge in [0.15, 0.2) is 0 Å². The van der Waals surface area contributed by atoms with Gasteiger partial charge in [-0.1, -0.05) is 105 Å². The lowest BCUT2D eigenvalue weighted by molar-refractivity contribution is 0.507. The summed E-state index contributed by atoms with van der Waals surface area (Å²) >= 11 is 0. The molecule has 34 heavy (non-hydrogen) atoms. The van der Waals surface area contributed by atoms with Crippen molar-refractivity contribution >= 4 is 18.3 Å². The molecule has 0 radical (unpaired) electrons. The highest BCUT2D eigenvalue weighted by molar-refractivity contribution is 7.69. The molecular formula is C30H50N3P. The number of hydrogen-bond donors (Lipinski definition) is 1. The third-order valence-corrected chi connectivity index (χ3v) is 9.67. The van der Waals surface area contributed by atoms with E-state index in [0.717, 1.165) is 5.69 Å². The van der Waals surface area contributed by atoms with Gasteiger partial charge in [0.25, 0.3) is 0 Å². The molecule has 0 fully saturated rings. The molecule has 3 nitrogen and oxygen atoms in total. The Hall–Kier alpha value is -1.41. The van der Waals surface area contributed by atoms with Crippen LogP contribution in [0.5, 0.6) is 0 Å². The van der Waals surface area contributed by atoms with Crippen LogP contribution in [0.25, 0.3) is 0 Å². The molecular weight excluding hydrogens is 433 g/mol. The van der Waals surface area contributed by atoms with Crippen molar-refractivity contribution in [2.75, 3.05) is 14.1 Å². The molecule has 1 N–H and O–H groups in total. The highest BCUT2D eigenvalue weighted by atomic mass is 31.2. The second kappa shape index (κ2) is 9.57. The van der Waals surface area contributed by atoms with Crippen LogP contribution in [0.4, 0.5) is 5.69 Å². The zero-order chi connectivity index (χ0) is 26.3. The van der Waals surface area contributed by atoms with Crippen LogP contribution in [0.1, 0.15) is 99.8 Å². The molecule has 2 aromatic rings. The summed E-state index contributed by atoms with van der Waals surface area (Å²) in [4.78, 5) is 0. The van der Waals surface area contributed by atoms with Gasteiger partial charge in [0, 0.05) is 10.8 Å². The first-order chi connectivity index (χ1) is 15.2. The Morgan fingerprint density at radius 3 is 1.44 bits per heavy atom. The highest BCUT2D eigenvalue weighted by Gasteiger charge is 2.34. The van der Waals surface area contributed by atoms with Gasteiger partial charge in [-0.2, -0.15) is 0 Å². The van der Waals surface area contributed by atoms with Crippen LogP contribution in [0.3, 0.4) is 0 Å². The van der Waals surface area contributed by atoms with E-state index in [1.54, 1.807) is 0 Å². The number of rotatable bonds is 4. The molecule has 190 valence electrons. The molecule has 0 aliphatic heterocycles. The maximum atomic E-state index is 5.83. The Balaban J connectivity index is 3.18. The first kappa shape index (κ1) is 28.8. The normalized spacial score (nSPS) is 15.4. The largest absolute Gasteiger partial charge is 0.263 e. The zero-order valence-corrected chi connectivity index (χ0v) is 25.3. The molecule has 2 aromatic carbocycles. The lowest BCUT2D eigenvalue weighted by Gasteiger charge is -2.40. The van der Waals surface area contributed by atoms with E-state index in [9.17, 15) is 0 Å². The lowest BCUT2D eigenvalue weighted by atomic mass is 9.74. The van der Waals surface area contributed by atoms with Gasteiger partial charge in [-0.3, -0.25) is 9.76 Å². The Bertz CT molecular complexity index is 1000. The van der Waals surface area contributed by atoms with E-state index in [4.69, 9.17) is 4.74 Å². The van der Waals surface area contributed by atoms with Crippen LogP contribution in [-0.4, -0.2) is 24.3 Å². The number of nitrogens with one attached hydrogen (secondary N) is 1. The maximum Gasteiger partial charge on any atom is 0.129 e. The second-order valence-electron chi connectivity index (χ2n) is 13.9. The predicted octanol–water partition coefficient (Wildman–Crippen LogP) is 8.52. The molecule has 1 unspecified atom stereocenters. The molecule has 0 bridgehead atoms. The van der Waals surface area contributed by atoms with Crippen LogP contribution in [0.2, 0.25) is 0 Å². The van der Waals surface area contributed by atoms with E-state index in [-0.39, 0.29) is 21.8 Å². The first-order valence-electron chi connectivity index (χ1n) is 12.5. The Morgan fingerprint density at radius 1 is 0.676 bits per heavy atom. The zero-order valence-electron chi connectivity index (χ0n) is 24.4. The molecule has 0 amide bonds. The summed E-state index contributed by atoms with van der Waals surface area (Å²) in [5.74, 6) is 0. The van der Waals surface area contributed by atoms with Gasteiger partial charge >= 0.3 is 0 Å². The third kappa shape index (κ3) is 6.62. The quantitative estimate of drug-likeness (QED) is 0.441. The molecule has 2 rings (SSSR count). The molecule has 0 aliphatic carbocycles. The van der Waals surface area contributed by atoms with Crippen molar-refractivity contribution in [3.63, 3.8) is 0 Å². The van der Waals surface area contributed by atoms with Crippen molar-refractivity contribution in [2.45, 2.75) is 105 Å². The van der Waals surface area contributed by atoms with Crippen LogP contribution in [-0.2, 0) is 16.2 Å². The summed E-state index contributed by atoms with van der Waals surface area (Å²) < 4.78 is 8.15. The van der Waals surface area contributed by atoms with Gasteiger partial charge < -0.3 is 0 Å². The summed E-state index contributed by atoms with van der Waals surface area (Å²) in [6.07, 6.45) is 0. The molecule has 0 aliphatic rings. The minimum Gasteiger partial charge on any atom is -0.263 e. The minimum absolute atomic E-state index is 0.0412. The third-order valence-electron chi connectivity index (χ3n) is 6.02. The fourth-order valence-electron chi connectivity index (χ4n) is 4.13. The van der Waals surface area contributed by atoms with Crippen LogP contribution < -0.4 is 10.4 Å². The van der Waals surface area contributed by atoms with E-state index < -0.39 is 7.36 Å². The fourth-order valence-corrected chi connectivity index (χ4v) is 7.30. The van der Waals surface area contributed by atoms with Crippen molar-refractivity contribution in [1.82, 2.24) is 9.76 Å². The van der Waals surface area contributed by atoms with Crippen molar-refractivity contribution in [1.29, 1.82) is 0 Å². The number of hydrogen-bond acceptors (Lipinski definition) is 1. The average Bonchev–Trinajstić information content (AvgIpc) is 2.64. The molecule has 0 saturated heterocycles. The summed E-state index contributed by atoms with van der Waals surface area (Å²) in [6, 6.07) is 15.6. The van der Waals surface area contributed by atoms with E-state index in [1.807, 2.05) is 0 Å². The summed E-state index contributed by atoms with van der Waals surface area (Å²) in [7, 11) is 2.03. The van der Waals surface area contributed by atoms with Crippen molar-refractivity contribution in [3.05, 3.63) is 59.2 Å². The van der Waals surface area contributed by atoms with Crippen molar-refractivity contribution in [2.24, 2.45) is 4.74 Å². The average molecular weight is 484 g/mol. The molecule has 4 heteroatoms. The van der Waals surface area contributed by atoms with Gasteiger partial charge in [-0.15, -0.1) is 0 Å². The monoisotopic (exact) mass is 483 g/mol. The lowest BCUT2D eigenvalue weighted by Crippen LogP contribution is -2.40. The van der Waals surface area contributed by atoms with Gasteiger partial charge in [0.2, 0.25) is 0 Å². The Labute approximate surface area is 210 Å². The summed E-state index contributed by atoms with van der Waals surface area (Å²) in [6.45, 7) is 27.5.